The van der Waals surface area contributed by atoms with Crippen molar-refractivity contribution >= 4 is 33.1 Å². The van der Waals surface area contributed by atoms with Crippen molar-refractivity contribution in [1.29, 1.82) is 0 Å². The van der Waals surface area contributed by atoms with Gasteiger partial charge in [-0.15, -0.1) is 0 Å². The molecule has 0 unspecified atom stereocenters. The summed E-state index contributed by atoms with van der Waals surface area (Å²) < 4.78 is 0. The lowest BCUT2D eigenvalue weighted by molar-refractivity contribution is -0.0966. The molecule has 34 heavy (non-hydrogen) atoms. The molecule has 6 rings (SSSR count). The summed E-state index contributed by atoms with van der Waals surface area (Å²) in [5.74, 6) is -0.166. The SMILES string of the molecule is O=C(c1ccccc1)c1ccc(OOc2ccc(C(=O)c3ccccc3)c3c(=O)c23)c2c(=O)c12. The minimum absolute atomic E-state index is 0.163. The molecule has 0 N–H and O–H groups in total. The maximum absolute atomic E-state index is 12.7. The van der Waals surface area contributed by atoms with Gasteiger partial charge in [-0.05, 0) is 24.3 Å². The molecule has 6 aromatic rings. The normalized spacial score (nSPS) is 11.4. The van der Waals surface area contributed by atoms with Crippen LogP contribution in [0.25, 0.3) is 21.5 Å². The highest BCUT2D eigenvalue weighted by Gasteiger charge is 2.29. The molecule has 6 nitrogen and oxygen atoms in total. The average molecular weight is 446 g/mol. The molecule has 6 heteroatoms. The highest BCUT2D eigenvalue weighted by Crippen LogP contribution is 2.35. The average Bonchev–Trinajstić information content (AvgIpc) is 3.77. The van der Waals surface area contributed by atoms with Crippen LogP contribution in [0.4, 0.5) is 0 Å². The third-order valence-corrected chi connectivity index (χ3v) is 5.90. The molecule has 0 heterocycles. The van der Waals surface area contributed by atoms with Crippen LogP contribution in [0.3, 0.4) is 0 Å². The van der Waals surface area contributed by atoms with Crippen LogP contribution in [0.1, 0.15) is 31.8 Å². The first-order valence-corrected chi connectivity index (χ1v) is 10.5. The quantitative estimate of drug-likeness (QED) is 0.206. The Bertz CT molecular complexity index is 1630. The van der Waals surface area contributed by atoms with E-state index >= 15 is 0 Å². The van der Waals surface area contributed by atoms with E-state index in [2.05, 4.69) is 0 Å². The van der Waals surface area contributed by atoms with Gasteiger partial charge in [0.15, 0.2) is 33.9 Å². The van der Waals surface area contributed by atoms with Crippen molar-refractivity contribution in [2.24, 2.45) is 0 Å². The Morgan fingerprint density at radius 1 is 0.471 bits per heavy atom. The fraction of sp³-hybridized carbons (Fsp3) is 0. The fourth-order valence-corrected chi connectivity index (χ4v) is 4.07. The maximum atomic E-state index is 12.7. The fourth-order valence-electron chi connectivity index (χ4n) is 4.07. The van der Waals surface area contributed by atoms with Crippen LogP contribution in [0.5, 0.6) is 11.5 Å². The molecule has 0 bridgehead atoms. The van der Waals surface area contributed by atoms with Gasteiger partial charge in [0.2, 0.25) is 0 Å². The van der Waals surface area contributed by atoms with Gasteiger partial charge in [-0.1, -0.05) is 60.7 Å². The summed E-state index contributed by atoms with van der Waals surface area (Å²) in [5, 5.41) is 1.19. The zero-order chi connectivity index (χ0) is 23.4. The second kappa shape index (κ2) is 7.35. The van der Waals surface area contributed by atoms with E-state index < -0.39 is 0 Å². The van der Waals surface area contributed by atoms with E-state index in [1.165, 1.54) is 24.3 Å². The predicted octanol–water partition coefficient (Wildman–Crippen LogP) is 4.30. The highest BCUT2D eigenvalue weighted by atomic mass is 17.2. The lowest BCUT2D eigenvalue weighted by Gasteiger charge is -2.06. The minimum atomic E-state index is -0.279. The van der Waals surface area contributed by atoms with Gasteiger partial charge < -0.3 is 0 Å². The van der Waals surface area contributed by atoms with Gasteiger partial charge in [0, 0.05) is 33.0 Å². The zero-order valence-corrected chi connectivity index (χ0v) is 17.5. The molecule has 0 amide bonds. The van der Waals surface area contributed by atoms with Crippen LogP contribution in [0.2, 0.25) is 0 Å². The van der Waals surface area contributed by atoms with Crippen LogP contribution >= 0.6 is 0 Å². The molecule has 0 spiro atoms. The van der Waals surface area contributed by atoms with Crippen molar-refractivity contribution in [3.8, 4) is 11.5 Å². The van der Waals surface area contributed by atoms with E-state index in [0.29, 0.717) is 33.0 Å². The standard InChI is InChI=1S/C28H14O6/c29-25(15-7-3-1-4-8-15)17-11-13-19(23-21(17)27(23)31)33-34-20-14-12-18(22-24(20)28(22)32)26(30)16-9-5-2-6-10-16/h1-14H. The molecule has 0 aliphatic rings. The van der Waals surface area contributed by atoms with Gasteiger partial charge >= 0.3 is 0 Å². The smallest absolute Gasteiger partial charge is 0.199 e. The van der Waals surface area contributed by atoms with Gasteiger partial charge in [-0.3, -0.25) is 29.0 Å². The van der Waals surface area contributed by atoms with Crippen LogP contribution in [0.15, 0.2) is 94.5 Å². The second-order valence-electron chi connectivity index (χ2n) is 7.94. The first-order valence-electron chi connectivity index (χ1n) is 10.5. The number of fused-ring (bicyclic) bond motifs is 2. The maximum Gasteiger partial charge on any atom is 0.199 e. The Hall–Kier alpha value is -4.84. The summed E-state index contributed by atoms with van der Waals surface area (Å²) in [7, 11) is 0. The Kier molecular flexibility index (Phi) is 4.28. The third kappa shape index (κ3) is 3.04. The molecule has 0 aliphatic heterocycles. The number of carbonyl (C=O) groups excluding carboxylic acids is 2. The molecule has 0 aromatic heterocycles. The van der Waals surface area contributed by atoms with Gasteiger partial charge in [-0.25, -0.2) is 0 Å². The van der Waals surface area contributed by atoms with Crippen molar-refractivity contribution in [2.75, 3.05) is 0 Å². The van der Waals surface area contributed by atoms with Crippen molar-refractivity contribution in [3.63, 3.8) is 0 Å². The molecule has 0 atom stereocenters. The lowest BCUT2D eigenvalue weighted by atomic mass is 10.0. The van der Waals surface area contributed by atoms with Crippen molar-refractivity contribution in [1.82, 2.24) is 0 Å². The molecule has 0 aliphatic carbocycles. The third-order valence-electron chi connectivity index (χ3n) is 5.90. The minimum Gasteiger partial charge on any atom is -0.289 e. The van der Waals surface area contributed by atoms with Crippen LogP contribution in [-0.4, -0.2) is 11.6 Å². The number of carbonyl (C=O) groups is 2. The molecule has 0 fully saturated rings. The molecule has 162 valence electrons. The van der Waals surface area contributed by atoms with Gasteiger partial charge in [0.05, 0.1) is 10.8 Å². The number of rotatable bonds is 7. The first-order chi connectivity index (χ1) is 16.6. The Morgan fingerprint density at radius 3 is 1.24 bits per heavy atom. The van der Waals surface area contributed by atoms with Gasteiger partial charge in [-0.2, -0.15) is 0 Å². The number of benzene rings is 4. The van der Waals surface area contributed by atoms with E-state index in [0.717, 1.165) is 0 Å². The molecule has 6 aromatic carbocycles. The van der Waals surface area contributed by atoms with Crippen molar-refractivity contribution in [2.45, 2.75) is 0 Å². The van der Waals surface area contributed by atoms with E-state index in [-0.39, 0.29) is 44.7 Å². The van der Waals surface area contributed by atoms with E-state index in [9.17, 15) is 19.2 Å². The van der Waals surface area contributed by atoms with Crippen LogP contribution in [-0.2, 0) is 0 Å². The molecular formula is C28H14O6. The molecular weight excluding hydrogens is 432 g/mol. The van der Waals surface area contributed by atoms with Gasteiger partial charge in [0.25, 0.3) is 0 Å². The summed E-state index contributed by atoms with van der Waals surface area (Å²) in [6, 6.07) is 23.4. The van der Waals surface area contributed by atoms with E-state index in [1.54, 1.807) is 48.5 Å². The van der Waals surface area contributed by atoms with Gasteiger partial charge in [0.1, 0.15) is 0 Å². The molecule has 0 radical (unpaired) electrons. The monoisotopic (exact) mass is 446 g/mol. The Labute approximate surface area is 191 Å². The Morgan fingerprint density at radius 2 is 0.853 bits per heavy atom. The zero-order valence-electron chi connectivity index (χ0n) is 17.5. The molecule has 0 saturated carbocycles. The number of hydrogen-bond donors (Lipinski definition) is 0. The highest BCUT2D eigenvalue weighted by molar-refractivity contribution is 6.22. The predicted molar refractivity (Wildman–Crippen MR) is 126 cm³/mol. The summed E-state index contributed by atoms with van der Waals surface area (Å²) in [4.78, 5) is 60.8. The van der Waals surface area contributed by atoms with E-state index in [4.69, 9.17) is 9.78 Å². The van der Waals surface area contributed by atoms with Crippen LogP contribution < -0.4 is 20.6 Å². The first kappa shape index (κ1) is 19.8. The van der Waals surface area contributed by atoms with Crippen molar-refractivity contribution in [3.05, 3.63) is 128 Å². The summed E-state index contributed by atoms with van der Waals surface area (Å²) in [6.45, 7) is 0. The summed E-state index contributed by atoms with van der Waals surface area (Å²) >= 11 is 0. The largest absolute Gasteiger partial charge is 0.289 e. The van der Waals surface area contributed by atoms with Crippen molar-refractivity contribution < 1.29 is 19.4 Å². The topological polar surface area (TPSA) is 86.7 Å². The molecule has 0 saturated heterocycles. The number of ketones is 2. The lowest BCUT2D eigenvalue weighted by Crippen LogP contribution is -2.03. The second-order valence-corrected chi connectivity index (χ2v) is 7.94. The Balaban J connectivity index is 1.24. The van der Waals surface area contributed by atoms with Crippen LogP contribution in [0, 0.1) is 0 Å². The van der Waals surface area contributed by atoms with E-state index in [1.807, 2.05) is 12.1 Å². The summed E-state index contributed by atoms with van der Waals surface area (Å²) in [6.07, 6.45) is 0. The summed E-state index contributed by atoms with van der Waals surface area (Å²) in [5.41, 5.74) is 1.04. The number of hydrogen-bond acceptors (Lipinski definition) is 6.